The van der Waals surface area contributed by atoms with Gasteiger partial charge in [0.2, 0.25) is 5.91 Å². The van der Waals surface area contributed by atoms with Gasteiger partial charge in [-0.15, -0.1) is 11.3 Å². The van der Waals surface area contributed by atoms with Gasteiger partial charge in [-0.25, -0.2) is 9.37 Å². The van der Waals surface area contributed by atoms with Gasteiger partial charge in [0.05, 0.1) is 12.8 Å². The zero-order valence-corrected chi connectivity index (χ0v) is 14.6. The number of hydrogen-bond acceptors (Lipinski definition) is 5. The summed E-state index contributed by atoms with van der Waals surface area (Å²) in [5.41, 5.74) is 1.09. The van der Waals surface area contributed by atoms with E-state index in [9.17, 15) is 9.18 Å². The topological polar surface area (TPSA) is 60.5 Å². The van der Waals surface area contributed by atoms with Crippen LogP contribution in [0, 0.1) is 11.7 Å². The lowest BCUT2D eigenvalue weighted by atomic mass is 9.81. The molecule has 2 fully saturated rings. The number of nitrogens with zero attached hydrogens (tertiary/aromatic N) is 1. The van der Waals surface area contributed by atoms with Gasteiger partial charge >= 0.3 is 0 Å². The molecule has 5 nitrogen and oxygen atoms in total. The molecule has 1 aromatic carbocycles. The number of carbonyl (C=O) groups excluding carboxylic acids is 1. The molecule has 1 heterocycles. The molecule has 1 N–H and O–H groups in total. The van der Waals surface area contributed by atoms with Gasteiger partial charge in [0.15, 0.2) is 16.6 Å². The average Bonchev–Trinajstić information content (AvgIpc) is 3.30. The minimum absolute atomic E-state index is 0.0252. The number of methoxy groups -OCH3 is 1. The van der Waals surface area contributed by atoms with E-state index in [0.717, 1.165) is 5.69 Å². The van der Waals surface area contributed by atoms with E-state index in [0.29, 0.717) is 35.4 Å². The number of rotatable bonds is 6. The minimum Gasteiger partial charge on any atom is -0.493 e. The number of ether oxygens (including phenoxy) is 2. The van der Waals surface area contributed by atoms with Crippen LogP contribution in [0.1, 0.15) is 37.3 Å². The molecule has 0 atom stereocenters. The molecule has 0 aliphatic heterocycles. The number of amides is 1. The third-order valence-electron chi connectivity index (χ3n) is 4.63. The maximum atomic E-state index is 13.4. The molecule has 1 amide bonds. The second-order valence-electron chi connectivity index (χ2n) is 6.54. The fourth-order valence-electron chi connectivity index (χ4n) is 2.92. The number of hydrogen-bond donors (Lipinski definition) is 1. The summed E-state index contributed by atoms with van der Waals surface area (Å²) in [6, 6.07) is 4.17. The Labute approximate surface area is 149 Å². The van der Waals surface area contributed by atoms with E-state index < -0.39 is 0 Å². The summed E-state index contributed by atoms with van der Waals surface area (Å²) in [6.45, 7) is 0. The zero-order valence-electron chi connectivity index (χ0n) is 13.8. The number of halogens is 1. The van der Waals surface area contributed by atoms with Crippen LogP contribution in [0.4, 0.5) is 9.52 Å². The summed E-state index contributed by atoms with van der Waals surface area (Å²) in [5.74, 6) is 0.954. The zero-order chi connectivity index (χ0) is 17.4. The van der Waals surface area contributed by atoms with Gasteiger partial charge in [-0.05, 0) is 37.8 Å². The van der Waals surface area contributed by atoms with Crippen LogP contribution in [0.15, 0.2) is 23.6 Å². The summed E-state index contributed by atoms with van der Waals surface area (Å²) in [7, 11) is 1.51. The van der Waals surface area contributed by atoms with E-state index >= 15 is 0 Å². The third kappa shape index (κ3) is 3.61. The van der Waals surface area contributed by atoms with Crippen molar-refractivity contribution in [1.29, 1.82) is 0 Å². The summed E-state index contributed by atoms with van der Waals surface area (Å²) < 4.78 is 24.3. The largest absolute Gasteiger partial charge is 0.493 e. The fourth-order valence-corrected chi connectivity index (χ4v) is 3.71. The van der Waals surface area contributed by atoms with Crippen LogP contribution in [-0.2, 0) is 4.79 Å². The lowest BCUT2D eigenvalue weighted by molar-refractivity contribution is -0.125. The minimum atomic E-state index is -0.375. The number of thiazole rings is 1. The molecule has 2 saturated carbocycles. The summed E-state index contributed by atoms with van der Waals surface area (Å²) in [6.07, 6.45) is 3.49. The SMILES string of the molecule is COc1ccc(F)cc1OC1CC(C(=O)Nc2nc(C3CC3)cs2)C1. The van der Waals surface area contributed by atoms with Crippen molar-refractivity contribution in [1.82, 2.24) is 4.98 Å². The molecule has 25 heavy (non-hydrogen) atoms. The normalized spacial score (nSPS) is 22.2. The second kappa shape index (κ2) is 6.63. The maximum absolute atomic E-state index is 13.4. The van der Waals surface area contributed by atoms with Gasteiger partial charge in [0, 0.05) is 23.3 Å². The number of benzene rings is 1. The van der Waals surface area contributed by atoms with Crippen LogP contribution in [0.25, 0.3) is 0 Å². The molecule has 0 radical (unpaired) electrons. The van der Waals surface area contributed by atoms with Gasteiger partial charge in [-0.1, -0.05) is 0 Å². The van der Waals surface area contributed by atoms with Crippen LogP contribution in [0.5, 0.6) is 11.5 Å². The van der Waals surface area contributed by atoms with E-state index in [2.05, 4.69) is 10.3 Å². The van der Waals surface area contributed by atoms with E-state index in [1.807, 2.05) is 5.38 Å². The van der Waals surface area contributed by atoms with E-state index in [1.165, 1.54) is 49.5 Å². The number of aromatic nitrogens is 1. The lowest BCUT2D eigenvalue weighted by Crippen LogP contribution is -2.40. The molecular formula is C18H19FN2O3S. The quantitative estimate of drug-likeness (QED) is 0.845. The molecule has 0 saturated heterocycles. The molecule has 2 aliphatic rings. The predicted molar refractivity (Wildman–Crippen MR) is 92.8 cm³/mol. The first-order valence-corrected chi connectivity index (χ1v) is 9.27. The number of nitrogens with one attached hydrogen (secondary N) is 1. The summed E-state index contributed by atoms with van der Waals surface area (Å²) in [4.78, 5) is 16.7. The Kier molecular flexibility index (Phi) is 4.33. The van der Waals surface area contributed by atoms with Gasteiger partial charge in [0.1, 0.15) is 11.9 Å². The standard InChI is InChI=1S/C18H19FN2O3S/c1-23-15-5-4-12(19)8-16(15)24-13-6-11(7-13)17(22)21-18-20-14(9-25-18)10-2-3-10/h4-5,8-11,13H,2-3,6-7H2,1H3,(H,20,21,22). The van der Waals surface area contributed by atoms with Crippen molar-refractivity contribution in [3.05, 3.63) is 35.1 Å². The van der Waals surface area contributed by atoms with Crippen LogP contribution >= 0.6 is 11.3 Å². The highest BCUT2D eigenvalue weighted by atomic mass is 32.1. The van der Waals surface area contributed by atoms with Crippen molar-refractivity contribution in [2.75, 3.05) is 12.4 Å². The summed E-state index contributed by atoms with van der Waals surface area (Å²) in [5, 5.41) is 5.58. The third-order valence-corrected chi connectivity index (χ3v) is 5.41. The van der Waals surface area contributed by atoms with Crippen molar-refractivity contribution in [3.8, 4) is 11.5 Å². The highest BCUT2D eigenvalue weighted by molar-refractivity contribution is 7.13. The lowest BCUT2D eigenvalue weighted by Gasteiger charge is -2.34. The first kappa shape index (κ1) is 16.3. The molecular weight excluding hydrogens is 343 g/mol. The Morgan fingerprint density at radius 3 is 2.84 bits per heavy atom. The Hall–Kier alpha value is -2.15. The highest BCUT2D eigenvalue weighted by Gasteiger charge is 2.37. The molecule has 4 rings (SSSR count). The van der Waals surface area contributed by atoms with Gasteiger partial charge < -0.3 is 14.8 Å². The molecule has 1 aromatic heterocycles. The van der Waals surface area contributed by atoms with Crippen molar-refractivity contribution in [2.24, 2.45) is 5.92 Å². The molecule has 0 spiro atoms. The van der Waals surface area contributed by atoms with E-state index in [4.69, 9.17) is 9.47 Å². The second-order valence-corrected chi connectivity index (χ2v) is 7.40. The Morgan fingerprint density at radius 1 is 1.32 bits per heavy atom. The van der Waals surface area contributed by atoms with E-state index in [1.54, 1.807) is 0 Å². The molecule has 0 unspecified atom stereocenters. The monoisotopic (exact) mass is 362 g/mol. The average molecular weight is 362 g/mol. The predicted octanol–water partition coefficient (Wildman–Crippen LogP) is 3.96. The molecule has 132 valence electrons. The number of carbonyl (C=O) groups is 1. The van der Waals surface area contributed by atoms with Crippen LogP contribution in [-0.4, -0.2) is 24.1 Å². The Morgan fingerprint density at radius 2 is 2.12 bits per heavy atom. The van der Waals surface area contributed by atoms with Gasteiger partial charge in [0.25, 0.3) is 0 Å². The molecule has 7 heteroatoms. The Balaban J connectivity index is 1.29. The van der Waals surface area contributed by atoms with E-state index in [-0.39, 0.29) is 23.7 Å². The Bertz CT molecular complexity index is 784. The number of anilines is 1. The van der Waals surface area contributed by atoms with Gasteiger partial charge in [-0.2, -0.15) is 0 Å². The van der Waals surface area contributed by atoms with Gasteiger partial charge in [-0.3, -0.25) is 4.79 Å². The first-order chi connectivity index (χ1) is 12.1. The van der Waals surface area contributed by atoms with Crippen molar-refractivity contribution in [2.45, 2.75) is 37.7 Å². The molecule has 2 aromatic rings. The molecule has 0 bridgehead atoms. The smallest absolute Gasteiger partial charge is 0.229 e. The van der Waals surface area contributed by atoms with Crippen molar-refractivity contribution >= 4 is 22.4 Å². The van der Waals surface area contributed by atoms with Crippen LogP contribution in [0.2, 0.25) is 0 Å². The maximum Gasteiger partial charge on any atom is 0.229 e. The van der Waals surface area contributed by atoms with Crippen LogP contribution < -0.4 is 14.8 Å². The van der Waals surface area contributed by atoms with Crippen molar-refractivity contribution in [3.63, 3.8) is 0 Å². The highest BCUT2D eigenvalue weighted by Crippen LogP contribution is 2.41. The summed E-state index contributed by atoms with van der Waals surface area (Å²) >= 11 is 1.48. The van der Waals surface area contributed by atoms with Crippen molar-refractivity contribution < 1.29 is 18.7 Å². The molecule has 2 aliphatic carbocycles. The van der Waals surface area contributed by atoms with Crippen LogP contribution in [0.3, 0.4) is 0 Å². The first-order valence-electron chi connectivity index (χ1n) is 8.39. The fraction of sp³-hybridized carbons (Fsp3) is 0.444.